The second-order valence-corrected chi connectivity index (χ2v) is 8.24. The van der Waals surface area contributed by atoms with Gasteiger partial charge in [0.05, 0.1) is 0 Å². The van der Waals surface area contributed by atoms with Crippen molar-refractivity contribution in [3.63, 3.8) is 0 Å². The Bertz CT molecular complexity index is 550. The second kappa shape index (κ2) is 7.04. The minimum atomic E-state index is -0.435. The number of carbonyl (C=O) groups is 1. The van der Waals surface area contributed by atoms with Gasteiger partial charge in [-0.15, -0.1) is 0 Å². The molecule has 4 nitrogen and oxygen atoms in total. The highest BCUT2D eigenvalue weighted by Crippen LogP contribution is 2.40. The summed E-state index contributed by atoms with van der Waals surface area (Å²) >= 11 is 0. The predicted molar refractivity (Wildman–Crippen MR) is 97.5 cm³/mol. The number of amides is 1. The van der Waals surface area contributed by atoms with Gasteiger partial charge in [-0.1, -0.05) is 12.1 Å². The maximum atomic E-state index is 11.8. The molecule has 4 heteroatoms. The molecule has 0 spiro atoms. The van der Waals surface area contributed by atoms with Crippen molar-refractivity contribution < 1.29 is 9.53 Å². The lowest BCUT2D eigenvalue weighted by Gasteiger charge is -2.31. The molecule has 0 heterocycles. The van der Waals surface area contributed by atoms with E-state index in [9.17, 15) is 4.79 Å². The SMILES string of the molecule is CC(C)(C)OC(=O)NC1CCC(Nc2ccc(C3CC3)cc2)CC1. The Morgan fingerprint density at radius 3 is 2.08 bits per heavy atom. The third-order valence-corrected chi connectivity index (χ3v) is 4.78. The lowest BCUT2D eigenvalue weighted by molar-refractivity contribution is 0.0492. The zero-order chi connectivity index (χ0) is 17.2. The van der Waals surface area contributed by atoms with Crippen molar-refractivity contribution in [2.45, 2.75) is 82.9 Å². The van der Waals surface area contributed by atoms with Crippen LogP contribution in [0.2, 0.25) is 0 Å². The minimum absolute atomic E-state index is 0.232. The second-order valence-electron chi connectivity index (χ2n) is 8.24. The number of benzene rings is 1. The molecule has 2 fully saturated rings. The van der Waals surface area contributed by atoms with E-state index in [1.54, 1.807) is 0 Å². The predicted octanol–water partition coefficient (Wildman–Crippen LogP) is 4.81. The molecule has 1 aromatic rings. The first-order valence-electron chi connectivity index (χ1n) is 9.25. The Kier molecular flexibility index (Phi) is 5.02. The van der Waals surface area contributed by atoms with Crippen LogP contribution in [0, 0.1) is 0 Å². The molecule has 0 saturated heterocycles. The van der Waals surface area contributed by atoms with Gasteiger partial charge in [-0.05, 0) is 82.9 Å². The minimum Gasteiger partial charge on any atom is -0.444 e. The van der Waals surface area contributed by atoms with Gasteiger partial charge < -0.3 is 15.4 Å². The normalized spacial score (nSPS) is 24.3. The first-order valence-corrected chi connectivity index (χ1v) is 9.25. The number of hydrogen-bond acceptors (Lipinski definition) is 3. The third-order valence-electron chi connectivity index (χ3n) is 4.78. The Balaban J connectivity index is 1.41. The number of ether oxygens (including phenoxy) is 1. The number of alkyl carbamates (subject to hydrolysis) is 1. The molecule has 0 radical (unpaired) electrons. The Labute approximate surface area is 145 Å². The van der Waals surface area contributed by atoms with Crippen LogP contribution in [0.15, 0.2) is 24.3 Å². The number of carbonyl (C=O) groups excluding carboxylic acids is 1. The highest BCUT2D eigenvalue weighted by Gasteiger charge is 2.25. The molecule has 2 aliphatic rings. The molecule has 0 aliphatic heterocycles. The van der Waals surface area contributed by atoms with Gasteiger partial charge >= 0.3 is 6.09 Å². The van der Waals surface area contributed by atoms with Crippen LogP contribution in [0.3, 0.4) is 0 Å². The summed E-state index contributed by atoms with van der Waals surface area (Å²) in [7, 11) is 0. The fraction of sp³-hybridized carbons (Fsp3) is 0.650. The number of rotatable bonds is 4. The molecular weight excluding hydrogens is 300 g/mol. The van der Waals surface area contributed by atoms with Crippen molar-refractivity contribution in [2.24, 2.45) is 0 Å². The van der Waals surface area contributed by atoms with Gasteiger partial charge in [-0.3, -0.25) is 0 Å². The van der Waals surface area contributed by atoms with E-state index in [2.05, 4.69) is 34.9 Å². The molecule has 2 N–H and O–H groups in total. The van der Waals surface area contributed by atoms with Crippen LogP contribution in [0.25, 0.3) is 0 Å². The Morgan fingerprint density at radius 1 is 0.958 bits per heavy atom. The maximum absolute atomic E-state index is 11.8. The molecule has 1 aromatic carbocycles. The standard InChI is InChI=1S/C20H30N2O2/c1-20(2,3)24-19(23)22-18-12-10-17(11-13-18)21-16-8-6-15(7-9-16)14-4-5-14/h6-9,14,17-18,21H,4-5,10-13H2,1-3H3,(H,22,23). The van der Waals surface area contributed by atoms with Crippen LogP contribution in [0.5, 0.6) is 0 Å². The average molecular weight is 330 g/mol. The molecule has 2 aliphatic carbocycles. The maximum Gasteiger partial charge on any atom is 0.407 e. The Hall–Kier alpha value is -1.71. The number of hydrogen-bond donors (Lipinski definition) is 2. The summed E-state index contributed by atoms with van der Waals surface area (Å²) in [5, 5.41) is 6.63. The summed E-state index contributed by atoms with van der Waals surface area (Å²) in [6, 6.07) is 9.66. The van der Waals surface area contributed by atoms with Gasteiger partial charge in [0.2, 0.25) is 0 Å². The molecule has 0 atom stereocenters. The quantitative estimate of drug-likeness (QED) is 0.833. The van der Waals surface area contributed by atoms with Crippen molar-refractivity contribution in [3.8, 4) is 0 Å². The molecule has 1 amide bonds. The monoisotopic (exact) mass is 330 g/mol. The van der Waals surface area contributed by atoms with Gasteiger partial charge in [-0.2, -0.15) is 0 Å². The molecule has 0 bridgehead atoms. The van der Waals surface area contributed by atoms with Crippen LogP contribution in [0.4, 0.5) is 10.5 Å². The van der Waals surface area contributed by atoms with Gasteiger partial charge in [0.15, 0.2) is 0 Å². The lowest BCUT2D eigenvalue weighted by Crippen LogP contribution is -2.42. The van der Waals surface area contributed by atoms with Crippen LogP contribution >= 0.6 is 0 Å². The van der Waals surface area contributed by atoms with E-state index >= 15 is 0 Å². The van der Waals surface area contributed by atoms with E-state index in [1.165, 1.54) is 24.1 Å². The molecule has 3 rings (SSSR count). The molecule has 132 valence electrons. The summed E-state index contributed by atoms with van der Waals surface area (Å²) in [4.78, 5) is 11.8. The van der Waals surface area contributed by atoms with E-state index in [-0.39, 0.29) is 12.1 Å². The van der Waals surface area contributed by atoms with Crippen LogP contribution < -0.4 is 10.6 Å². The first-order chi connectivity index (χ1) is 11.4. The first kappa shape index (κ1) is 17.1. The van der Waals surface area contributed by atoms with Gasteiger partial charge in [0.1, 0.15) is 5.60 Å². The smallest absolute Gasteiger partial charge is 0.407 e. The molecule has 0 aromatic heterocycles. The van der Waals surface area contributed by atoms with Crippen LogP contribution in [-0.2, 0) is 4.74 Å². The molecule has 2 saturated carbocycles. The molecular formula is C20H30N2O2. The third kappa shape index (κ3) is 5.15. The summed E-state index contributed by atoms with van der Waals surface area (Å²) in [5.74, 6) is 0.813. The van der Waals surface area contributed by atoms with Crippen LogP contribution in [0.1, 0.15) is 70.8 Å². The van der Waals surface area contributed by atoms with Crippen molar-refractivity contribution in [1.82, 2.24) is 5.32 Å². The van der Waals surface area contributed by atoms with Gasteiger partial charge in [0.25, 0.3) is 0 Å². The van der Waals surface area contributed by atoms with Gasteiger partial charge in [-0.25, -0.2) is 4.79 Å². The van der Waals surface area contributed by atoms with E-state index in [1.807, 2.05) is 20.8 Å². The summed E-state index contributed by atoms with van der Waals surface area (Å²) in [5.41, 5.74) is 2.25. The average Bonchev–Trinajstić information content (AvgIpc) is 3.33. The van der Waals surface area contributed by atoms with Crippen molar-refractivity contribution >= 4 is 11.8 Å². The number of anilines is 1. The highest BCUT2D eigenvalue weighted by molar-refractivity contribution is 5.68. The topological polar surface area (TPSA) is 50.4 Å². The summed E-state index contributed by atoms with van der Waals surface area (Å²) < 4.78 is 5.33. The van der Waals surface area contributed by atoms with Crippen LogP contribution in [-0.4, -0.2) is 23.8 Å². The molecule has 24 heavy (non-hydrogen) atoms. The van der Waals surface area contributed by atoms with E-state index in [0.29, 0.717) is 6.04 Å². The summed E-state index contributed by atoms with van der Waals surface area (Å²) in [6.45, 7) is 5.67. The fourth-order valence-corrected chi connectivity index (χ4v) is 3.36. The zero-order valence-electron chi connectivity index (χ0n) is 15.1. The van der Waals surface area contributed by atoms with E-state index in [4.69, 9.17) is 4.74 Å². The van der Waals surface area contributed by atoms with E-state index in [0.717, 1.165) is 31.6 Å². The number of nitrogens with one attached hydrogen (secondary N) is 2. The van der Waals surface area contributed by atoms with Crippen molar-refractivity contribution in [2.75, 3.05) is 5.32 Å². The highest BCUT2D eigenvalue weighted by atomic mass is 16.6. The van der Waals surface area contributed by atoms with Crippen molar-refractivity contribution in [3.05, 3.63) is 29.8 Å². The zero-order valence-corrected chi connectivity index (χ0v) is 15.1. The Morgan fingerprint density at radius 2 is 1.54 bits per heavy atom. The lowest BCUT2D eigenvalue weighted by atomic mass is 9.91. The largest absolute Gasteiger partial charge is 0.444 e. The fourth-order valence-electron chi connectivity index (χ4n) is 3.36. The molecule has 0 unspecified atom stereocenters. The van der Waals surface area contributed by atoms with Gasteiger partial charge in [0, 0.05) is 17.8 Å². The van der Waals surface area contributed by atoms with E-state index < -0.39 is 5.60 Å². The van der Waals surface area contributed by atoms with Crippen molar-refractivity contribution in [1.29, 1.82) is 0 Å². The summed E-state index contributed by atoms with van der Waals surface area (Å²) in [6.07, 6.45) is 6.54.